The third kappa shape index (κ3) is 3.91. The summed E-state index contributed by atoms with van der Waals surface area (Å²) in [5.74, 6) is 0.582. The maximum atomic E-state index is 12.8. The maximum absolute atomic E-state index is 12.8. The standard InChI is InChI=1S/C20H23N5O2S/c1-13(2)27-19-16-17(22-12-23-19)24-20(28-16)25-10-6-9-15(25)18(26)21-11-14-7-4-3-5-8-14/h3-5,7-8,12-13,15H,6,9-11H2,1-2H3,(H,21,26). The number of fused-ring (bicyclic) bond motifs is 1. The van der Waals surface area contributed by atoms with Crippen molar-refractivity contribution in [2.75, 3.05) is 11.4 Å². The molecule has 146 valence electrons. The Morgan fingerprint density at radius 3 is 2.93 bits per heavy atom. The number of nitrogens with one attached hydrogen (secondary N) is 1. The Bertz CT molecular complexity index is 960. The zero-order valence-electron chi connectivity index (χ0n) is 16.0. The molecular formula is C20H23N5O2S. The molecule has 1 atom stereocenters. The average Bonchev–Trinajstić information content (AvgIpc) is 3.33. The van der Waals surface area contributed by atoms with Crippen molar-refractivity contribution in [3.05, 3.63) is 42.2 Å². The Kier molecular flexibility index (Phi) is 5.38. The molecule has 8 heteroatoms. The summed E-state index contributed by atoms with van der Waals surface area (Å²) >= 11 is 1.48. The van der Waals surface area contributed by atoms with Crippen LogP contribution in [0.5, 0.6) is 5.88 Å². The van der Waals surface area contributed by atoms with Crippen molar-refractivity contribution < 1.29 is 9.53 Å². The van der Waals surface area contributed by atoms with Crippen molar-refractivity contribution in [1.29, 1.82) is 0 Å². The third-order valence-electron chi connectivity index (χ3n) is 4.61. The molecule has 3 aromatic rings. The summed E-state index contributed by atoms with van der Waals surface area (Å²) in [6.45, 7) is 5.26. The molecule has 1 fully saturated rings. The van der Waals surface area contributed by atoms with Crippen LogP contribution < -0.4 is 15.0 Å². The molecule has 1 unspecified atom stereocenters. The maximum Gasteiger partial charge on any atom is 0.243 e. The molecule has 4 rings (SSSR count). The van der Waals surface area contributed by atoms with Crippen LogP contribution in [0.25, 0.3) is 10.3 Å². The minimum atomic E-state index is -0.216. The second-order valence-corrected chi connectivity index (χ2v) is 8.03. The Labute approximate surface area is 167 Å². The van der Waals surface area contributed by atoms with Crippen LogP contribution in [0.2, 0.25) is 0 Å². The van der Waals surface area contributed by atoms with Gasteiger partial charge in [0.15, 0.2) is 10.8 Å². The number of carbonyl (C=O) groups is 1. The molecule has 0 saturated carbocycles. The summed E-state index contributed by atoms with van der Waals surface area (Å²) in [5, 5.41) is 3.85. The first-order valence-electron chi connectivity index (χ1n) is 9.48. The molecule has 28 heavy (non-hydrogen) atoms. The van der Waals surface area contributed by atoms with Gasteiger partial charge in [0.05, 0.1) is 6.10 Å². The van der Waals surface area contributed by atoms with Crippen molar-refractivity contribution in [1.82, 2.24) is 20.3 Å². The van der Waals surface area contributed by atoms with Gasteiger partial charge in [0.25, 0.3) is 0 Å². The van der Waals surface area contributed by atoms with E-state index >= 15 is 0 Å². The molecule has 1 aromatic carbocycles. The lowest BCUT2D eigenvalue weighted by atomic mass is 10.2. The first kappa shape index (κ1) is 18.6. The van der Waals surface area contributed by atoms with Crippen molar-refractivity contribution in [3.63, 3.8) is 0 Å². The van der Waals surface area contributed by atoms with Crippen LogP contribution in [0.4, 0.5) is 5.13 Å². The SMILES string of the molecule is CC(C)Oc1ncnc2nc(N3CCCC3C(=O)NCc3ccccc3)sc12. The van der Waals surface area contributed by atoms with E-state index in [1.165, 1.54) is 17.7 Å². The largest absolute Gasteiger partial charge is 0.474 e. The predicted octanol–water partition coefficient (Wildman–Crippen LogP) is 3.16. The van der Waals surface area contributed by atoms with E-state index in [1.54, 1.807) is 0 Å². The van der Waals surface area contributed by atoms with E-state index in [9.17, 15) is 4.79 Å². The number of benzene rings is 1. The number of anilines is 1. The Morgan fingerprint density at radius 2 is 2.14 bits per heavy atom. The highest BCUT2D eigenvalue weighted by Gasteiger charge is 2.33. The highest BCUT2D eigenvalue weighted by molar-refractivity contribution is 7.22. The lowest BCUT2D eigenvalue weighted by Crippen LogP contribution is -2.43. The molecule has 0 radical (unpaired) electrons. The normalized spacial score (nSPS) is 16.7. The topological polar surface area (TPSA) is 80.2 Å². The number of nitrogens with zero attached hydrogens (tertiary/aromatic N) is 4. The first-order valence-corrected chi connectivity index (χ1v) is 10.3. The van der Waals surface area contributed by atoms with Gasteiger partial charge in [0, 0.05) is 13.1 Å². The highest BCUT2D eigenvalue weighted by Crippen LogP contribution is 2.36. The fourth-order valence-corrected chi connectivity index (χ4v) is 4.35. The van der Waals surface area contributed by atoms with E-state index < -0.39 is 0 Å². The molecular weight excluding hydrogens is 374 g/mol. The van der Waals surface area contributed by atoms with Crippen molar-refractivity contribution in [2.24, 2.45) is 0 Å². The van der Waals surface area contributed by atoms with E-state index in [4.69, 9.17) is 4.74 Å². The van der Waals surface area contributed by atoms with Gasteiger partial charge in [-0.1, -0.05) is 41.7 Å². The summed E-state index contributed by atoms with van der Waals surface area (Å²) < 4.78 is 6.61. The molecule has 1 aliphatic heterocycles. The van der Waals surface area contributed by atoms with Gasteiger partial charge in [0.1, 0.15) is 17.1 Å². The predicted molar refractivity (Wildman–Crippen MR) is 110 cm³/mol. The molecule has 7 nitrogen and oxygen atoms in total. The number of rotatable bonds is 6. The van der Waals surface area contributed by atoms with Gasteiger partial charge in [-0.3, -0.25) is 4.79 Å². The molecule has 1 saturated heterocycles. The van der Waals surface area contributed by atoms with Gasteiger partial charge >= 0.3 is 0 Å². The smallest absolute Gasteiger partial charge is 0.243 e. The van der Waals surface area contributed by atoms with Crippen LogP contribution in [0.1, 0.15) is 32.3 Å². The number of ether oxygens (including phenoxy) is 1. The van der Waals surface area contributed by atoms with Gasteiger partial charge in [-0.2, -0.15) is 4.98 Å². The van der Waals surface area contributed by atoms with Crippen LogP contribution in [-0.2, 0) is 11.3 Å². The summed E-state index contributed by atoms with van der Waals surface area (Å²) in [6, 6.07) is 9.72. The monoisotopic (exact) mass is 397 g/mol. The van der Waals surface area contributed by atoms with Gasteiger partial charge in [-0.05, 0) is 32.3 Å². The number of carbonyl (C=O) groups excluding carboxylic acids is 1. The summed E-state index contributed by atoms with van der Waals surface area (Å²) in [7, 11) is 0. The van der Waals surface area contributed by atoms with Crippen LogP contribution in [0, 0.1) is 0 Å². The molecule has 1 aliphatic rings. The molecule has 0 aliphatic carbocycles. The molecule has 1 N–H and O–H groups in total. The van der Waals surface area contributed by atoms with Crippen LogP contribution in [0.15, 0.2) is 36.7 Å². The van der Waals surface area contributed by atoms with E-state index in [0.717, 1.165) is 34.8 Å². The molecule has 1 amide bonds. The fraction of sp³-hybridized carbons (Fsp3) is 0.400. The third-order valence-corrected chi connectivity index (χ3v) is 5.67. The molecule has 0 spiro atoms. The number of hydrogen-bond donors (Lipinski definition) is 1. The summed E-state index contributed by atoms with van der Waals surface area (Å²) in [6.07, 6.45) is 3.27. The van der Waals surface area contributed by atoms with E-state index in [1.807, 2.05) is 44.2 Å². The van der Waals surface area contributed by atoms with Crippen LogP contribution in [0.3, 0.4) is 0 Å². The Morgan fingerprint density at radius 1 is 1.32 bits per heavy atom. The van der Waals surface area contributed by atoms with Crippen molar-refractivity contribution in [2.45, 2.75) is 45.4 Å². The minimum absolute atomic E-state index is 0.0203. The fourth-order valence-electron chi connectivity index (χ4n) is 3.32. The van der Waals surface area contributed by atoms with Crippen LogP contribution in [-0.4, -0.2) is 39.5 Å². The quantitative estimate of drug-likeness (QED) is 0.688. The lowest BCUT2D eigenvalue weighted by molar-refractivity contribution is -0.122. The highest BCUT2D eigenvalue weighted by atomic mass is 32.1. The number of amides is 1. The zero-order valence-corrected chi connectivity index (χ0v) is 16.8. The lowest BCUT2D eigenvalue weighted by Gasteiger charge is -2.23. The van der Waals surface area contributed by atoms with E-state index in [2.05, 4.69) is 25.2 Å². The van der Waals surface area contributed by atoms with Crippen molar-refractivity contribution >= 4 is 32.7 Å². The Balaban J connectivity index is 1.52. The van der Waals surface area contributed by atoms with Gasteiger partial charge in [0.2, 0.25) is 11.8 Å². The number of thiazole rings is 1. The van der Waals surface area contributed by atoms with Gasteiger partial charge in [-0.25, -0.2) is 9.97 Å². The summed E-state index contributed by atoms with van der Waals surface area (Å²) in [4.78, 5) is 28.0. The first-order chi connectivity index (χ1) is 13.6. The molecule has 2 aromatic heterocycles. The number of aromatic nitrogens is 3. The summed E-state index contributed by atoms with van der Waals surface area (Å²) in [5.41, 5.74) is 1.70. The van der Waals surface area contributed by atoms with E-state index in [-0.39, 0.29) is 18.1 Å². The molecule has 3 heterocycles. The van der Waals surface area contributed by atoms with Crippen LogP contribution >= 0.6 is 11.3 Å². The zero-order chi connectivity index (χ0) is 19.5. The minimum Gasteiger partial charge on any atom is -0.474 e. The van der Waals surface area contributed by atoms with Crippen molar-refractivity contribution in [3.8, 4) is 5.88 Å². The van der Waals surface area contributed by atoms with E-state index in [0.29, 0.717) is 18.1 Å². The average molecular weight is 398 g/mol. The van der Waals surface area contributed by atoms with Gasteiger partial charge < -0.3 is 15.0 Å². The number of hydrogen-bond acceptors (Lipinski definition) is 7. The Hall–Kier alpha value is -2.74. The second-order valence-electron chi connectivity index (χ2n) is 7.05. The van der Waals surface area contributed by atoms with Gasteiger partial charge in [-0.15, -0.1) is 0 Å². The molecule has 0 bridgehead atoms. The second kappa shape index (κ2) is 8.10.